The maximum absolute atomic E-state index is 4.80. The summed E-state index contributed by atoms with van der Waals surface area (Å²) in [6.45, 7) is 19.3. The van der Waals surface area contributed by atoms with Gasteiger partial charge in [-0.3, -0.25) is 14.5 Å². The van der Waals surface area contributed by atoms with E-state index in [1.54, 1.807) is 0 Å². The predicted molar refractivity (Wildman–Crippen MR) is 102 cm³/mol. The highest BCUT2D eigenvalue weighted by molar-refractivity contribution is 5.85. The number of halogens is 1. The van der Waals surface area contributed by atoms with E-state index < -0.39 is 0 Å². The van der Waals surface area contributed by atoms with Crippen LogP contribution in [0.25, 0.3) is 0 Å². The fourth-order valence-corrected chi connectivity index (χ4v) is 4.08. The second kappa shape index (κ2) is 7.73. The van der Waals surface area contributed by atoms with Crippen LogP contribution >= 0.6 is 12.4 Å². The SMILES string of the molecule is Cc1nn(C(C)(C)C)c(C)c1CN1CCC(N2CCNCC2)C1.Cl. The summed E-state index contributed by atoms with van der Waals surface area (Å²) in [4.78, 5) is 5.30. The minimum atomic E-state index is 0. The van der Waals surface area contributed by atoms with Crippen LogP contribution in [0.2, 0.25) is 0 Å². The molecule has 2 aliphatic rings. The van der Waals surface area contributed by atoms with Gasteiger partial charge in [-0.25, -0.2) is 0 Å². The Labute approximate surface area is 153 Å². The molecule has 0 radical (unpaired) electrons. The first-order chi connectivity index (χ1) is 10.9. The van der Waals surface area contributed by atoms with Crippen LogP contribution in [0.5, 0.6) is 0 Å². The van der Waals surface area contributed by atoms with Crippen LogP contribution in [0.4, 0.5) is 0 Å². The van der Waals surface area contributed by atoms with Crippen LogP contribution in [-0.4, -0.2) is 64.9 Å². The second-order valence-electron chi connectivity index (χ2n) is 8.20. The predicted octanol–water partition coefficient (Wildman–Crippen LogP) is 2.16. The topological polar surface area (TPSA) is 36.3 Å². The molecule has 0 saturated carbocycles. The van der Waals surface area contributed by atoms with Crippen LogP contribution in [0.15, 0.2) is 0 Å². The van der Waals surface area contributed by atoms with Crippen molar-refractivity contribution in [2.45, 2.75) is 59.2 Å². The zero-order valence-electron chi connectivity index (χ0n) is 15.9. The molecule has 6 heteroatoms. The number of nitrogens with zero attached hydrogens (tertiary/aromatic N) is 4. The monoisotopic (exact) mass is 355 g/mol. The zero-order valence-corrected chi connectivity index (χ0v) is 16.7. The van der Waals surface area contributed by atoms with Gasteiger partial charge in [-0.1, -0.05) is 0 Å². The van der Waals surface area contributed by atoms with E-state index in [0.717, 1.165) is 25.7 Å². The molecule has 2 aliphatic heterocycles. The molecule has 1 N–H and O–H groups in total. The third-order valence-electron chi connectivity index (χ3n) is 5.37. The summed E-state index contributed by atoms with van der Waals surface area (Å²) in [6, 6.07) is 0.746. The molecule has 0 amide bonds. The van der Waals surface area contributed by atoms with E-state index in [4.69, 9.17) is 5.10 Å². The number of nitrogens with one attached hydrogen (secondary N) is 1. The largest absolute Gasteiger partial charge is 0.314 e. The van der Waals surface area contributed by atoms with E-state index >= 15 is 0 Å². The van der Waals surface area contributed by atoms with E-state index in [1.165, 1.54) is 49.6 Å². The third-order valence-corrected chi connectivity index (χ3v) is 5.37. The number of likely N-dealkylation sites (tertiary alicyclic amines) is 1. The Morgan fingerprint density at radius 1 is 1.12 bits per heavy atom. The van der Waals surface area contributed by atoms with Crippen molar-refractivity contribution in [3.63, 3.8) is 0 Å². The highest BCUT2D eigenvalue weighted by Gasteiger charge is 2.30. The number of piperazine rings is 1. The second-order valence-corrected chi connectivity index (χ2v) is 8.20. The Bertz CT molecular complexity index is 542. The Morgan fingerprint density at radius 2 is 1.79 bits per heavy atom. The lowest BCUT2D eigenvalue weighted by atomic mass is 10.1. The maximum Gasteiger partial charge on any atom is 0.0641 e. The van der Waals surface area contributed by atoms with Crippen molar-refractivity contribution >= 4 is 12.4 Å². The minimum Gasteiger partial charge on any atom is -0.314 e. The maximum atomic E-state index is 4.80. The summed E-state index contributed by atoms with van der Waals surface area (Å²) >= 11 is 0. The lowest BCUT2D eigenvalue weighted by molar-refractivity contribution is 0.170. The number of rotatable bonds is 3. The van der Waals surface area contributed by atoms with Crippen molar-refractivity contribution in [3.8, 4) is 0 Å². The quantitative estimate of drug-likeness (QED) is 0.901. The fraction of sp³-hybridized carbons (Fsp3) is 0.833. The van der Waals surface area contributed by atoms with Gasteiger partial charge in [-0.05, 0) is 41.0 Å². The molecule has 3 rings (SSSR count). The van der Waals surface area contributed by atoms with Crippen LogP contribution in [0, 0.1) is 13.8 Å². The van der Waals surface area contributed by atoms with Gasteiger partial charge in [0.2, 0.25) is 0 Å². The highest BCUT2D eigenvalue weighted by atomic mass is 35.5. The van der Waals surface area contributed by atoms with Crippen molar-refractivity contribution in [1.29, 1.82) is 0 Å². The van der Waals surface area contributed by atoms with Gasteiger partial charge in [0.15, 0.2) is 0 Å². The summed E-state index contributed by atoms with van der Waals surface area (Å²) in [5, 5.41) is 8.26. The van der Waals surface area contributed by atoms with Crippen molar-refractivity contribution in [2.75, 3.05) is 39.3 Å². The summed E-state index contributed by atoms with van der Waals surface area (Å²) in [7, 11) is 0. The molecular formula is C18H34ClN5. The van der Waals surface area contributed by atoms with Gasteiger partial charge >= 0.3 is 0 Å². The summed E-state index contributed by atoms with van der Waals surface area (Å²) in [6.07, 6.45) is 1.31. The summed E-state index contributed by atoms with van der Waals surface area (Å²) in [5.74, 6) is 0. The number of aryl methyl sites for hydroxylation is 1. The molecule has 2 fully saturated rings. The lowest BCUT2D eigenvalue weighted by Gasteiger charge is -2.32. The first-order valence-electron chi connectivity index (χ1n) is 9.09. The van der Waals surface area contributed by atoms with Gasteiger partial charge in [0, 0.05) is 63.1 Å². The number of aromatic nitrogens is 2. The van der Waals surface area contributed by atoms with Gasteiger partial charge < -0.3 is 5.32 Å². The Morgan fingerprint density at radius 3 is 2.38 bits per heavy atom. The molecule has 138 valence electrons. The van der Waals surface area contributed by atoms with Gasteiger partial charge in [-0.2, -0.15) is 5.10 Å². The lowest BCUT2D eigenvalue weighted by Crippen LogP contribution is -2.49. The molecule has 1 aromatic heterocycles. The standard InChI is InChI=1S/C18H33N5.ClH/c1-14-17(15(2)23(20-14)18(3,4)5)13-21-9-6-16(12-21)22-10-7-19-8-11-22;/h16,19H,6-13H2,1-5H3;1H. The van der Waals surface area contributed by atoms with E-state index in [0.29, 0.717) is 0 Å². The normalized spacial score (nSPS) is 23.5. The molecule has 1 unspecified atom stereocenters. The van der Waals surface area contributed by atoms with E-state index in [-0.39, 0.29) is 17.9 Å². The number of hydrogen-bond donors (Lipinski definition) is 1. The first kappa shape index (κ1) is 19.7. The smallest absolute Gasteiger partial charge is 0.0641 e. The Hall–Kier alpha value is -0.620. The molecule has 5 nitrogen and oxygen atoms in total. The van der Waals surface area contributed by atoms with Crippen molar-refractivity contribution < 1.29 is 0 Å². The molecule has 1 atom stereocenters. The number of hydrogen-bond acceptors (Lipinski definition) is 4. The summed E-state index contributed by atoms with van der Waals surface area (Å²) in [5.41, 5.74) is 4.02. The highest BCUT2D eigenvalue weighted by Crippen LogP contribution is 2.25. The van der Waals surface area contributed by atoms with Crippen LogP contribution in [-0.2, 0) is 12.1 Å². The average Bonchev–Trinajstić information content (AvgIpc) is 3.08. The van der Waals surface area contributed by atoms with E-state index in [1.807, 2.05) is 0 Å². The molecule has 0 aliphatic carbocycles. The van der Waals surface area contributed by atoms with Gasteiger partial charge in [0.25, 0.3) is 0 Å². The van der Waals surface area contributed by atoms with Crippen LogP contribution in [0.1, 0.15) is 44.1 Å². The van der Waals surface area contributed by atoms with Crippen LogP contribution < -0.4 is 5.32 Å². The third kappa shape index (κ3) is 4.13. The summed E-state index contributed by atoms with van der Waals surface area (Å²) < 4.78 is 2.20. The molecular weight excluding hydrogens is 322 g/mol. The first-order valence-corrected chi connectivity index (χ1v) is 9.09. The molecule has 0 aromatic carbocycles. The van der Waals surface area contributed by atoms with Gasteiger partial charge in [0.05, 0.1) is 11.2 Å². The molecule has 2 saturated heterocycles. The Kier molecular flexibility index (Phi) is 6.35. The molecule has 0 bridgehead atoms. The van der Waals surface area contributed by atoms with Gasteiger partial charge in [-0.15, -0.1) is 12.4 Å². The zero-order chi connectivity index (χ0) is 16.6. The molecule has 0 spiro atoms. The Balaban J connectivity index is 0.00000208. The fourth-order valence-electron chi connectivity index (χ4n) is 4.08. The van der Waals surface area contributed by atoms with Gasteiger partial charge in [0.1, 0.15) is 0 Å². The van der Waals surface area contributed by atoms with Crippen molar-refractivity contribution in [3.05, 3.63) is 17.0 Å². The average molecular weight is 356 g/mol. The van der Waals surface area contributed by atoms with Crippen molar-refractivity contribution in [1.82, 2.24) is 24.9 Å². The van der Waals surface area contributed by atoms with E-state index in [9.17, 15) is 0 Å². The van der Waals surface area contributed by atoms with E-state index in [2.05, 4.69) is 54.4 Å². The molecule has 24 heavy (non-hydrogen) atoms. The molecule has 1 aromatic rings. The molecule has 3 heterocycles. The minimum absolute atomic E-state index is 0. The van der Waals surface area contributed by atoms with Crippen LogP contribution in [0.3, 0.4) is 0 Å². The van der Waals surface area contributed by atoms with Crippen molar-refractivity contribution in [2.24, 2.45) is 0 Å².